The van der Waals surface area contributed by atoms with Gasteiger partial charge >= 0.3 is 5.97 Å². The van der Waals surface area contributed by atoms with Crippen LogP contribution in [0, 0.1) is 0 Å². The highest BCUT2D eigenvalue weighted by Gasteiger charge is 2.34. The summed E-state index contributed by atoms with van der Waals surface area (Å²) in [6, 6.07) is 1.92. The van der Waals surface area contributed by atoms with Gasteiger partial charge in [0.25, 0.3) is 5.91 Å². The first-order chi connectivity index (χ1) is 9.13. The number of amides is 1. The van der Waals surface area contributed by atoms with E-state index >= 15 is 0 Å². The molecular weight excluding hydrogens is 252 g/mol. The fourth-order valence-corrected chi connectivity index (χ4v) is 1.92. The molecule has 1 N–H and O–H groups in total. The summed E-state index contributed by atoms with van der Waals surface area (Å²) in [5.74, 6) is -0.914. The molecule has 1 amide bonds. The van der Waals surface area contributed by atoms with E-state index in [-0.39, 0.29) is 30.2 Å². The number of hydrogen-bond acceptors (Lipinski definition) is 5. The summed E-state index contributed by atoms with van der Waals surface area (Å²) >= 11 is 0. The van der Waals surface area contributed by atoms with E-state index in [1.54, 1.807) is 0 Å². The van der Waals surface area contributed by atoms with E-state index in [0.717, 1.165) is 0 Å². The van der Waals surface area contributed by atoms with Gasteiger partial charge in [0.2, 0.25) is 5.56 Å². The van der Waals surface area contributed by atoms with Gasteiger partial charge in [-0.05, 0) is 6.07 Å². The monoisotopic (exact) mass is 266 g/mol. The highest BCUT2D eigenvalue weighted by molar-refractivity contribution is 5.96. The van der Waals surface area contributed by atoms with Gasteiger partial charge in [0, 0.05) is 24.4 Å². The fraction of sp³-hybridized carbons (Fsp3) is 0.417. The Bertz CT molecular complexity index is 539. The lowest BCUT2D eigenvalue weighted by atomic mass is 10.1. The minimum atomic E-state index is -0.773. The Morgan fingerprint density at radius 2 is 2.32 bits per heavy atom. The van der Waals surface area contributed by atoms with E-state index in [0.29, 0.717) is 6.61 Å². The number of ether oxygens (including phenoxy) is 2. The van der Waals surface area contributed by atoms with Crippen molar-refractivity contribution >= 4 is 11.9 Å². The van der Waals surface area contributed by atoms with Crippen molar-refractivity contribution in [2.45, 2.75) is 6.04 Å². The SMILES string of the molecule is COC(=O)C1COCCN1C(=O)c1cc[nH]c(=O)c1. The second kappa shape index (κ2) is 5.66. The van der Waals surface area contributed by atoms with Crippen LogP contribution in [0.25, 0.3) is 0 Å². The third-order valence-electron chi connectivity index (χ3n) is 2.88. The molecule has 0 aliphatic carbocycles. The second-order valence-electron chi connectivity index (χ2n) is 4.05. The Labute approximate surface area is 109 Å². The molecule has 1 atom stereocenters. The number of esters is 1. The van der Waals surface area contributed by atoms with Crippen LogP contribution in [-0.2, 0) is 14.3 Å². The predicted molar refractivity (Wildman–Crippen MR) is 64.7 cm³/mol. The molecule has 2 rings (SSSR count). The van der Waals surface area contributed by atoms with Crippen LogP contribution >= 0.6 is 0 Å². The number of aromatic amines is 1. The molecule has 19 heavy (non-hydrogen) atoms. The van der Waals surface area contributed by atoms with E-state index < -0.39 is 12.0 Å². The van der Waals surface area contributed by atoms with Crippen LogP contribution in [0.1, 0.15) is 10.4 Å². The first-order valence-corrected chi connectivity index (χ1v) is 5.79. The Morgan fingerprint density at radius 3 is 3.00 bits per heavy atom. The Balaban J connectivity index is 2.25. The van der Waals surface area contributed by atoms with Crippen LogP contribution < -0.4 is 5.56 Å². The molecule has 0 radical (unpaired) electrons. The number of pyridine rings is 1. The molecule has 0 saturated carbocycles. The van der Waals surface area contributed by atoms with Gasteiger partial charge in [-0.1, -0.05) is 0 Å². The van der Waals surface area contributed by atoms with Gasteiger partial charge in [-0.2, -0.15) is 0 Å². The highest BCUT2D eigenvalue weighted by Crippen LogP contribution is 2.12. The maximum Gasteiger partial charge on any atom is 0.331 e. The lowest BCUT2D eigenvalue weighted by Crippen LogP contribution is -2.53. The number of hydrogen-bond donors (Lipinski definition) is 1. The standard InChI is InChI=1S/C12H14N2O5/c1-18-12(17)9-7-19-5-4-14(9)11(16)8-2-3-13-10(15)6-8/h2-3,6,9H,4-5,7H2,1H3,(H,13,15). The molecule has 102 valence electrons. The first-order valence-electron chi connectivity index (χ1n) is 5.79. The summed E-state index contributed by atoms with van der Waals surface area (Å²) < 4.78 is 9.83. The maximum absolute atomic E-state index is 12.3. The average Bonchev–Trinajstić information content (AvgIpc) is 2.45. The van der Waals surface area contributed by atoms with Gasteiger partial charge in [0.05, 0.1) is 20.3 Å². The Kier molecular flexibility index (Phi) is 3.96. The van der Waals surface area contributed by atoms with Crippen molar-refractivity contribution in [1.29, 1.82) is 0 Å². The van der Waals surface area contributed by atoms with Crippen LogP contribution in [0.15, 0.2) is 23.1 Å². The molecule has 1 aromatic rings. The average molecular weight is 266 g/mol. The van der Waals surface area contributed by atoms with Crippen molar-refractivity contribution in [3.63, 3.8) is 0 Å². The summed E-state index contributed by atoms with van der Waals surface area (Å²) in [5, 5.41) is 0. The zero-order valence-corrected chi connectivity index (χ0v) is 10.4. The van der Waals surface area contributed by atoms with E-state index in [1.165, 1.54) is 30.3 Å². The van der Waals surface area contributed by atoms with Gasteiger partial charge in [-0.3, -0.25) is 9.59 Å². The normalized spacial score (nSPS) is 19.0. The number of nitrogens with zero attached hydrogens (tertiary/aromatic N) is 1. The number of carbonyl (C=O) groups excluding carboxylic acids is 2. The molecule has 2 heterocycles. The molecule has 0 bridgehead atoms. The summed E-state index contributed by atoms with van der Waals surface area (Å²) in [6.07, 6.45) is 1.39. The van der Waals surface area contributed by atoms with Crippen molar-refractivity contribution in [2.24, 2.45) is 0 Å². The Hall–Kier alpha value is -2.15. The molecule has 1 aliphatic rings. The lowest BCUT2D eigenvalue weighted by molar-refractivity contribution is -0.151. The smallest absolute Gasteiger partial charge is 0.331 e. The summed E-state index contributed by atoms with van der Waals surface area (Å²) in [6.45, 7) is 0.732. The summed E-state index contributed by atoms with van der Waals surface area (Å²) in [5.41, 5.74) is -0.131. The summed E-state index contributed by atoms with van der Waals surface area (Å²) in [4.78, 5) is 38.9. The van der Waals surface area contributed by atoms with Crippen molar-refractivity contribution in [3.05, 3.63) is 34.2 Å². The van der Waals surface area contributed by atoms with Gasteiger partial charge in [0.1, 0.15) is 0 Å². The molecular formula is C12H14N2O5. The predicted octanol–water partition coefficient (Wildman–Crippen LogP) is -0.611. The third-order valence-corrected chi connectivity index (χ3v) is 2.88. The molecule has 1 aliphatic heterocycles. The maximum atomic E-state index is 12.3. The number of morpholine rings is 1. The van der Waals surface area contributed by atoms with Crippen LogP contribution in [-0.4, -0.2) is 54.7 Å². The Morgan fingerprint density at radius 1 is 1.53 bits per heavy atom. The van der Waals surface area contributed by atoms with Crippen molar-refractivity contribution in [2.75, 3.05) is 26.9 Å². The van der Waals surface area contributed by atoms with E-state index in [4.69, 9.17) is 4.74 Å². The zero-order valence-electron chi connectivity index (χ0n) is 10.4. The minimum absolute atomic E-state index is 0.0988. The topological polar surface area (TPSA) is 88.7 Å². The van der Waals surface area contributed by atoms with Gasteiger partial charge in [-0.15, -0.1) is 0 Å². The number of carbonyl (C=O) groups is 2. The quantitative estimate of drug-likeness (QED) is 0.721. The van der Waals surface area contributed by atoms with E-state index in [2.05, 4.69) is 9.72 Å². The summed E-state index contributed by atoms with van der Waals surface area (Å²) in [7, 11) is 1.26. The lowest BCUT2D eigenvalue weighted by Gasteiger charge is -2.33. The minimum Gasteiger partial charge on any atom is -0.467 e. The fourth-order valence-electron chi connectivity index (χ4n) is 1.92. The number of rotatable bonds is 2. The zero-order chi connectivity index (χ0) is 13.8. The van der Waals surface area contributed by atoms with Crippen LogP contribution in [0.4, 0.5) is 0 Å². The molecule has 1 unspecified atom stereocenters. The highest BCUT2D eigenvalue weighted by atomic mass is 16.5. The van der Waals surface area contributed by atoms with E-state index in [9.17, 15) is 14.4 Å². The van der Waals surface area contributed by atoms with Gasteiger partial charge < -0.3 is 19.4 Å². The van der Waals surface area contributed by atoms with Crippen LogP contribution in [0.2, 0.25) is 0 Å². The largest absolute Gasteiger partial charge is 0.467 e. The van der Waals surface area contributed by atoms with Gasteiger partial charge in [-0.25, -0.2) is 4.79 Å². The van der Waals surface area contributed by atoms with Crippen LogP contribution in [0.5, 0.6) is 0 Å². The first kappa shape index (κ1) is 13.3. The number of H-pyrrole nitrogens is 1. The number of aromatic nitrogens is 1. The van der Waals surface area contributed by atoms with Crippen molar-refractivity contribution < 1.29 is 19.1 Å². The molecule has 0 spiro atoms. The molecule has 1 fully saturated rings. The van der Waals surface area contributed by atoms with Crippen molar-refractivity contribution in [3.8, 4) is 0 Å². The van der Waals surface area contributed by atoms with Crippen LogP contribution in [0.3, 0.4) is 0 Å². The number of nitrogens with one attached hydrogen (secondary N) is 1. The molecule has 1 saturated heterocycles. The van der Waals surface area contributed by atoms with E-state index in [1.807, 2.05) is 0 Å². The molecule has 7 nitrogen and oxygen atoms in total. The molecule has 0 aromatic carbocycles. The molecule has 7 heteroatoms. The number of methoxy groups -OCH3 is 1. The molecule has 1 aromatic heterocycles. The van der Waals surface area contributed by atoms with Crippen molar-refractivity contribution in [1.82, 2.24) is 9.88 Å². The second-order valence-corrected chi connectivity index (χ2v) is 4.05. The third kappa shape index (κ3) is 2.82. The van der Waals surface area contributed by atoms with Gasteiger partial charge in [0.15, 0.2) is 6.04 Å².